The number of aryl methyl sites for hydroxylation is 1. The third kappa shape index (κ3) is 2.83. The molecule has 2 aromatic rings. The first-order valence-corrected chi connectivity index (χ1v) is 5.76. The van der Waals surface area contributed by atoms with E-state index >= 15 is 0 Å². The number of aromatic nitrogens is 1. The third-order valence-electron chi connectivity index (χ3n) is 2.72. The molecule has 0 fully saturated rings. The van der Waals surface area contributed by atoms with Crippen LogP contribution in [0.15, 0.2) is 36.7 Å². The van der Waals surface area contributed by atoms with Gasteiger partial charge in [0.05, 0.1) is 0 Å². The molecule has 2 rings (SSSR count). The number of benzene rings is 1. The molecular weight excluding hydrogens is 234 g/mol. The van der Waals surface area contributed by atoms with Crippen LogP contribution in [0.4, 0.5) is 14.5 Å². The number of rotatable bonds is 4. The van der Waals surface area contributed by atoms with Gasteiger partial charge in [-0.1, -0.05) is 12.1 Å². The molecule has 0 atom stereocenters. The summed E-state index contributed by atoms with van der Waals surface area (Å²) in [5.74, 6) is -1.09. The third-order valence-corrected chi connectivity index (χ3v) is 2.72. The summed E-state index contributed by atoms with van der Waals surface area (Å²) >= 11 is 0. The molecule has 1 heterocycles. The molecule has 1 aromatic carbocycles. The Morgan fingerprint density at radius 3 is 2.78 bits per heavy atom. The fraction of sp³-hybridized carbons (Fsp3) is 0.214. The van der Waals surface area contributed by atoms with Gasteiger partial charge in [0, 0.05) is 18.9 Å². The van der Waals surface area contributed by atoms with Crippen molar-refractivity contribution in [3.8, 4) is 0 Å². The minimum absolute atomic E-state index is 0.0566. The standard InChI is InChI=1S/C14H14F2N2/c1-10-4-5-12(15)14(13(10)16)18-8-6-11-3-2-7-17-9-11/h2-5,7,9,18H,6,8H2,1H3. The molecule has 0 radical (unpaired) electrons. The first kappa shape index (κ1) is 12.5. The Balaban J connectivity index is 2.01. The maximum absolute atomic E-state index is 13.7. The van der Waals surface area contributed by atoms with Gasteiger partial charge in [0.1, 0.15) is 11.5 Å². The second kappa shape index (κ2) is 5.58. The van der Waals surface area contributed by atoms with Gasteiger partial charge in [-0.15, -0.1) is 0 Å². The van der Waals surface area contributed by atoms with Gasteiger partial charge >= 0.3 is 0 Å². The van der Waals surface area contributed by atoms with Crippen LogP contribution in [-0.2, 0) is 6.42 Å². The molecule has 0 saturated heterocycles. The van der Waals surface area contributed by atoms with E-state index in [4.69, 9.17) is 0 Å². The second-order valence-electron chi connectivity index (χ2n) is 4.09. The van der Waals surface area contributed by atoms with Gasteiger partial charge < -0.3 is 5.32 Å². The van der Waals surface area contributed by atoms with Crippen molar-refractivity contribution in [2.45, 2.75) is 13.3 Å². The van der Waals surface area contributed by atoms with Gasteiger partial charge in [-0.3, -0.25) is 4.98 Å². The van der Waals surface area contributed by atoms with E-state index < -0.39 is 11.6 Å². The molecule has 0 unspecified atom stereocenters. The molecule has 1 aromatic heterocycles. The van der Waals surface area contributed by atoms with E-state index in [0.29, 0.717) is 18.5 Å². The molecule has 0 aliphatic rings. The zero-order valence-corrected chi connectivity index (χ0v) is 10.1. The number of nitrogens with zero attached hydrogens (tertiary/aromatic N) is 1. The molecule has 94 valence electrons. The summed E-state index contributed by atoms with van der Waals surface area (Å²) in [4.78, 5) is 3.98. The zero-order valence-electron chi connectivity index (χ0n) is 10.1. The van der Waals surface area contributed by atoms with E-state index in [-0.39, 0.29) is 5.69 Å². The number of hydrogen-bond acceptors (Lipinski definition) is 2. The Morgan fingerprint density at radius 2 is 2.06 bits per heavy atom. The van der Waals surface area contributed by atoms with Crippen LogP contribution >= 0.6 is 0 Å². The number of halogens is 2. The van der Waals surface area contributed by atoms with Gasteiger partial charge in [0.25, 0.3) is 0 Å². The molecule has 0 saturated carbocycles. The molecular formula is C14H14F2N2. The summed E-state index contributed by atoms with van der Waals surface area (Å²) in [5, 5.41) is 2.79. The predicted octanol–water partition coefficient (Wildman–Crippen LogP) is 3.32. The molecule has 0 aliphatic carbocycles. The van der Waals surface area contributed by atoms with Crippen molar-refractivity contribution in [1.82, 2.24) is 4.98 Å². The van der Waals surface area contributed by atoms with Gasteiger partial charge in [0.2, 0.25) is 0 Å². The SMILES string of the molecule is Cc1ccc(F)c(NCCc2cccnc2)c1F. The van der Waals surface area contributed by atoms with Crippen molar-refractivity contribution < 1.29 is 8.78 Å². The second-order valence-corrected chi connectivity index (χ2v) is 4.09. The van der Waals surface area contributed by atoms with Gasteiger partial charge in [-0.05, 0) is 36.6 Å². The van der Waals surface area contributed by atoms with Gasteiger partial charge in [-0.25, -0.2) is 8.78 Å². The zero-order chi connectivity index (χ0) is 13.0. The van der Waals surface area contributed by atoms with Crippen molar-refractivity contribution >= 4 is 5.69 Å². The van der Waals surface area contributed by atoms with Crippen LogP contribution in [0.3, 0.4) is 0 Å². The maximum Gasteiger partial charge on any atom is 0.152 e. The van der Waals surface area contributed by atoms with Crippen molar-refractivity contribution in [3.63, 3.8) is 0 Å². The van der Waals surface area contributed by atoms with Crippen molar-refractivity contribution in [1.29, 1.82) is 0 Å². The Bertz CT molecular complexity index is 527. The highest BCUT2D eigenvalue weighted by Gasteiger charge is 2.10. The summed E-state index contributed by atoms with van der Waals surface area (Å²) in [7, 11) is 0. The van der Waals surface area contributed by atoms with Crippen LogP contribution in [-0.4, -0.2) is 11.5 Å². The average Bonchev–Trinajstić information content (AvgIpc) is 2.39. The van der Waals surface area contributed by atoms with Crippen LogP contribution in [0, 0.1) is 18.6 Å². The quantitative estimate of drug-likeness (QED) is 0.897. The highest BCUT2D eigenvalue weighted by molar-refractivity contribution is 5.49. The van der Waals surface area contributed by atoms with E-state index in [2.05, 4.69) is 10.3 Å². The molecule has 4 heteroatoms. The summed E-state index contributed by atoms with van der Waals surface area (Å²) in [6.07, 6.45) is 4.10. The Labute approximate surface area is 105 Å². The molecule has 0 bridgehead atoms. The van der Waals surface area contributed by atoms with E-state index in [0.717, 1.165) is 5.56 Å². The van der Waals surface area contributed by atoms with Gasteiger partial charge in [0.15, 0.2) is 5.82 Å². The van der Waals surface area contributed by atoms with Crippen molar-refractivity contribution in [2.75, 3.05) is 11.9 Å². The van der Waals surface area contributed by atoms with Crippen LogP contribution in [0.2, 0.25) is 0 Å². The Morgan fingerprint density at radius 1 is 1.22 bits per heavy atom. The first-order chi connectivity index (χ1) is 8.68. The molecule has 2 nitrogen and oxygen atoms in total. The van der Waals surface area contributed by atoms with E-state index in [1.165, 1.54) is 12.1 Å². The summed E-state index contributed by atoms with van der Waals surface area (Å²) in [6.45, 7) is 2.07. The minimum atomic E-state index is -0.565. The highest BCUT2D eigenvalue weighted by atomic mass is 19.1. The summed E-state index contributed by atoms with van der Waals surface area (Å²) < 4.78 is 27.1. The van der Waals surface area contributed by atoms with E-state index in [1.807, 2.05) is 12.1 Å². The van der Waals surface area contributed by atoms with Crippen molar-refractivity contribution in [3.05, 3.63) is 59.4 Å². The van der Waals surface area contributed by atoms with Gasteiger partial charge in [-0.2, -0.15) is 0 Å². The smallest absolute Gasteiger partial charge is 0.152 e. The number of hydrogen-bond donors (Lipinski definition) is 1. The Kier molecular flexibility index (Phi) is 3.87. The van der Waals surface area contributed by atoms with Crippen LogP contribution in [0.1, 0.15) is 11.1 Å². The van der Waals surface area contributed by atoms with Crippen LogP contribution < -0.4 is 5.32 Å². The predicted molar refractivity (Wildman–Crippen MR) is 67.5 cm³/mol. The topological polar surface area (TPSA) is 24.9 Å². The average molecular weight is 248 g/mol. The van der Waals surface area contributed by atoms with E-state index in [9.17, 15) is 8.78 Å². The van der Waals surface area contributed by atoms with Crippen molar-refractivity contribution in [2.24, 2.45) is 0 Å². The maximum atomic E-state index is 13.7. The minimum Gasteiger partial charge on any atom is -0.380 e. The first-order valence-electron chi connectivity index (χ1n) is 5.76. The summed E-state index contributed by atoms with van der Waals surface area (Å²) in [6, 6.07) is 6.46. The normalized spacial score (nSPS) is 10.4. The molecule has 0 aliphatic heterocycles. The molecule has 0 spiro atoms. The van der Waals surface area contributed by atoms with Crippen LogP contribution in [0.25, 0.3) is 0 Å². The largest absolute Gasteiger partial charge is 0.380 e. The lowest BCUT2D eigenvalue weighted by atomic mass is 10.2. The highest BCUT2D eigenvalue weighted by Crippen LogP contribution is 2.21. The Hall–Kier alpha value is -1.97. The molecule has 0 amide bonds. The fourth-order valence-corrected chi connectivity index (χ4v) is 1.70. The summed E-state index contributed by atoms with van der Waals surface area (Å²) in [5.41, 5.74) is 1.40. The monoisotopic (exact) mass is 248 g/mol. The van der Waals surface area contributed by atoms with Crippen LogP contribution in [0.5, 0.6) is 0 Å². The fourth-order valence-electron chi connectivity index (χ4n) is 1.70. The lowest BCUT2D eigenvalue weighted by Gasteiger charge is -2.10. The lowest BCUT2D eigenvalue weighted by Crippen LogP contribution is -2.09. The number of nitrogens with one attached hydrogen (secondary N) is 1. The van der Waals surface area contributed by atoms with E-state index in [1.54, 1.807) is 19.3 Å². The lowest BCUT2D eigenvalue weighted by molar-refractivity contribution is 0.582. The molecule has 18 heavy (non-hydrogen) atoms. The number of pyridine rings is 1. The number of anilines is 1. The molecule has 1 N–H and O–H groups in total.